The second kappa shape index (κ2) is 6.30. The average molecular weight is 356 g/mol. The molecule has 2 N–H and O–H groups in total. The summed E-state index contributed by atoms with van der Waals surface area (Å²) in [6, 6.07) is 2.02. The van der Waals surface area contributed by atoms with Crippen LogP contribution < -0.4 is 10.9 Å². The number of aromatic amines is 1. The van der Waals surface area contributed by atoms with Gasteiger partial charge in [-0.25, -0.2) is 0 Å². The monoisotopic (exact) mass is 356 g/mol. The van der Waals surface area contributed by atoms with Gasteiger partial charge in [0.05, 0.1) is 11.6 Å². The lowest BCUT2D eigenvalue weighted by atomic mass is 9.90. The lowest BCUT2D eigenvalue weighted by Gasteiger charge is -2.28. The Kier molecular flexibility index (Phi) is 4.09. The number of aryl methyl sites for hydroxylation is 1. The number of aromatic nitrogens is 3. The van der Waals surface area contributed by atoms with Gasteiger partial charge in [0.1, 0.15) is 5.82 Å². The van der Waals surface area contributed by atoms with Crippen LogP contribution in [0.4, 0.5) is 5.82 Å². The van der Waals surface area contributed by atoms with Gasteiger partial charge in [0.2, 0.25) is 5.91 Å². The van der Waals surface area contributed by atoms with Crippen LogP contribution in [0.25, 0.3) is 0 Å². The Bertz CT molecular complexity index is 927. The number of carbonyl (C=O) groups is 2. The molecule has 26 heavy (non-hydrogen) atoms. The van der Waals surface area contributed by atoms with E-state index in [1.165, 1.54) is 13.3 Å². The number of nitrogens with one attached hydrogen (secondary N) is 2. The summed E-state index contributed by atoms with van der Waals surface area (Å²) in [6.07, 6.45) is 7.48. The minimum absolute atomic E-state index is 0.0268. The van der Waals surface area contributed by atoms with Gasteiger partial charge in [0.15, 0.2) is 5.78 Å². The largest absolute Gasteiger partial charge is 0.353 e. The van der Waals surface area contributed by atoms with E-state index in [1.54, 1.807) is 12.3 Å². The lowest BCUT2D eigenvalue weighted by molar-refractivity contribution is -0.116. The number of ketones is 1. The van der Waals surface area contributed by atoms with Crippen molar-refractivity contribution in [2.75, 3.05) is 5.32 Å². The van der Waals surface area contributed by atoms with Crippen molar-refractivity contribution in [1.82, 2.24) is 14.3 Å². The molecule has 0 radical (unpaired) electrons. The molecule has 0 bridgehead atoms. The number of H-pyrrole nitrogens is 1. The molecule has 1 aliphatic heterocycles. The van der Waals surface area contributed by atoms with Crippen molar-refractivity contribution in [3.63, 3.8) is 0 Å². The van der Waals surface area contributed by atoms with Gasteiger partial charge in [-0.1, -0.05) is 19.3 Å². The fourth-order valence-electron chi connectivity index (χ4n) is 4.37. The van der Waals surface area contributed by atoms with Gasteiger partial charge in [-0.3, -0.25) is 24.2 Å². The maximum Gasteiger partial charge on any atom is 0.270 e. The topological polar surface area (TPSA) is 88.9 Å². The second-order valence-electron chi connectivity index (χ2n) is 7.49. The lowest BCUT2D eigenvalue weighted by Crippen LogP contribution is -2.28. The highest BCUT2D eigenvalue weighted by molar-refractivity contribution is 5.95. The van der Waals surface area contributed by atoms with E-state index < -0.39 is 0 Å². The normalized spacial score (nSPS) is 20.7. The van der Waals surface area contributed by atoms with Gasteiger partial charge < -0.3 is 9.88 Å². The molecule has 2 aromatic rings. The third kappa shape index (κ3) is 2.71. The van der Waals surface area contributed by atoms with Crippen LogP contribution in [-0.2, 0) is 11.8 Å². The summed E-state index contributed by atoms with van der Waals surface area (Å²) in [5.74, 6) is 0.136. The molecule has 1 fully saturated rings. The fraction of sp³-hybridized carbons (Fsp3) is 0.526. The SMILES string of the molecule is CC(=O)c1cc(C2CC(=O)Nc3c2c(=O)[nH]n3C2CCCCC2)n(C)c1. The van der Waals surface area contributed by atoms with Gasteiger partial charge >= 0.3 is 0 Å². The Morgan fingerprint density at radius 3 is 2.58 bits per heavy atom. The Morgan fingerprint density at radius 1 is 1.19 bits per heavy atom. The first-order valence-electron chi connectivity index (χ1n) is 9.27. The summed E-state index contributed by atoms with van der Waals surface area (Å²) < 4.78 is 3.72. The Balaban J connectivity index is 1.81. The van der Waals surface area contributed by atoms with Crippen LogP contribution in [-0.4, -0.2) is 26.0 Å². The molecule has 3 heterocycles. The highest BCUT2D eigenvalue weighted by atomic mass is 16.2. The summed E-state index contributed by atoms with van der Waals surface area (Å²) in [4.78, 5) is 36.9. The summed E-state index contributed by atoms with van der Waals surface area (Å²) >= 11 is 0. The number of amides is 1. The number of fused-ring (bicyclic) bond motifs is 1. The number of hydrogen-bond donors (Lipinski definition) is 2. The molecule has 1 amide bonds. The third-order valence-electron chi connectivity index (χ3n) is 5.71. The van der Waals surface area contributed by atoms with Gasteiger partial charge in [0, 0.05) is 36.8 Å². The van der Waals surface area contributed by atoms with Crippen molar-refractivity contribution >= 4 is 17.5 Å². The third-order valence-corrected chi connectivity index (χ3v) is 5.71. The van der Waals surface area contributed by atoms with Gasteiger partial charge in [-0.05, 0) is 25.8 Å². The number of Topliss-reactive ketones (excluding diaryl/α,β-unsaturated/α-hetero) is 1. The first-order valence-corrected chi connectivity index (χ1v) is 9.27. The van der Waals surface area contributed by atoms with Crippen LogP contribution in [0.3, 0.4) is 0 Å². The van der Waals surface area contributed by atoms with Gasteiger partial charge in [-0.15, -0.1) is 0 Å². The standard InChI is InChI=1S/C19H24N4O3/c1-11(24)12-8-15(22(2)10-12)14-9-16(25)20-18-17(14)19(26)21-23(18)13-6-4-3-5-7-13/h8,10,13-14H,3-7,9H2,1-2H3,(H,20,25)(H,21,26). The summed E-state index contributed by atoms with van der Waals surface area (Å²) in [5.41, 5.74) is 1.86. The van der Waals surface area contributed by atoms with Crippen molar-refractivity contribution in [2.24, 2.45) is 7.05 Å². The molecule has 1 atom stereocenters. The zero-order chi connectivity index (χ0) is 18.4. The smallest absolute Gasteiger partial charge is 0.270 e. The molecule has 0 spiro atoms. The van der Waals surface area contributed by atoms with E-state index in [4.69, 9.17) is 0 Å². The van der Waals surface area contributed by atoms with Crippen LogP contribution >= 0.6 is 0 Å². The zero-order valence-corrected chi connectivity index (χ0v) is 15.2. The molecule has 0 aromatic carbocycles. The van der Waals surface area contributed by atoms with Gasteiger partial charge in [-0.2, -0.15) is 0 Å². The molecule has 138 valence electrons. The molecule has 2 aliphatic rings. The molecule has 2 aromatic heterocycles. The number of hydrogen-bond acceptors (Lipinski definition) is 3. The quantitative estimate of drug-likeness (QED) is 0.829. The number of carbonyl (C=O) groups excluding carboxylic acids is 2. The predicted octanol–water partition coefficient (Wildman–Crippen LogP) is 2.70. The molecule has 4 rings (SSSR count). The van der Waals surface area contributed by atoms with Gasteiger partial charge in [0.25, 0.3) is 5.56 Å². The number of rotatable bonds is 3. The summed E-state index contributed by atoms with van der Waals surface area (Å²) in [5, 5.41) is 5.88. The second-order valence-corrected chi connectivity index (χ2v) is 7.49. The molecule has 7 nitrogen and oxygen atoms in total. The van der Waals surface area contributed by atoms with E-state index in [0.717, 1.165) is 31.4 Å². The molecule has 1 unspecified atom stereocenters. The predicted molar refractivity (Wildman–Crippen MR) is 97.7 cm³/mol. The molecule has 7 heteroatoms. The minimum atomic E-state index is -0.342. The van der Waals surface area contributed by atoms with E-state index in [0.29, 0.717) is 16.9 Å². The minimum Gasteiger partial charge on any atom is -0.353 e. The molecule has 0 saturated heterocycles. The van der Waals surface area contributed by atoms with Crippen molar-refractivity contribution < 1.29 is 9.59 Å². The van der Waals surface area contributed by atoms with Crippen LogP contribution in [0.15, 0.2) is 17.1 Å². The first kappa shape index (κ1) is 16.9. The van der Waals surface area contributed by atoms with Crippen LogP contribution in [0, 0.1) is 0 Å². The highest BCUT2D eigenvalue weighted by Gasteiger charge is 2.35. The van der Waals surface area contributed by atoms with Crippen LogP contribution in [0.1, 0.15) is 79.0 Å². The summed E-state index contributed by atoms with van der Waals surface area (Å²) in [7, 11) is 1.85. The van der Waals surface area contributed by atoms with Crippen molar-refractivity contribution in [3.05, 3.63) is 39.4 Å². The Hall–Kier alpha value is -2.57. The van der Waals surface area contributed by atoms with E-state index in [9.17, 15) is 14.4 Å². The Morgan fingerprint density at radius 2 is 1.92 bits per heavy atom. The maximum atomic E-state index is 12.8. The van der Waals surface area contributed by atoms with Crippen molar-refractivity contribution in [2.45, 2.75) is 57.4 Å². The maximum absolute atomic E-state index is 12.8. The average Bonchev–Trinajstić information content (AvgIpc) is 3.16. The van der Waals surface area contributed by atoms with E-state index in [1.807, 2.05) is 16.3 Å². The molecule has 1 saturated carbocycles. The van der Waals surface area contributed by atoms with Crippen molar-refractivity contribution in [3.8, 4) is 0 Å². The molecule has 1 aliphatic carbocycles. The molecular weight excluding hydrogens is 332 g/mol. The molecular formula is C19H24N4O3. The highest BCUT2D eigenvalue weighted by Crippen LogP contribution is 2.38. The first-order chi connectivity index (χ1) is 12.5. The van der Waals surface area contributed by atoms with Crippen LogP contribution in [0.5, 0.6) is 0 Å². The van der Waals surface area contributed by atoms with E-state index in [2.05, 4.69) is 10.4 Å². The van der Waals surface area contributed by atoms with E-state index in [-0.39, 0.29) is 35.6 Å². The number of nitrogens with zero attached hydrogens (tertiary/aromatic N) is 2. The van der Waals surface area contributed by atoms with Crippen molar-refractivity contribution in [1.29, 1.82) is 0 Å². The number of anilines is 1. The van der Waals surface area contributed by atoms with Crippen LogP contribution in [0.2, 0.25) is 0 Å². The van der Waals surface area contributed by atoms with E-state index >= 15 is 0 Å². The zero-order valence-electron chi connectivity index (χ0n) is 15.2. The Labute approximate surface area is 151 Å². The summed E-state index contributed by atoms with van der Waals surface area (Å²) in [6.45, 7) is 1.52. The fourth-order valence-corrected chi connectivity index (χ4v) is 4.37.